The maximum Gasteiger partial charge on any atom is 0.272 e. The van der Waals surface area contributed by atoms with Crippen LogP contribution in [0.5, 0.6) is 0 Å². The second-order valence-corrected chi connectivity index (χ2v) is 5.57. The van der Waals surface area contributed by atoms with Crippen molar-refractivity contribution in [3.05, 3.63) is 71.0 Å². The summed E-state index contributed by atoms with van der Waals surface area (Å²) in [5, 5.41) is 0. The number of aryl methyl sites for hydroxylation is 1. The van der Waals surface area contributed by atoms with E-state index in [1.165, 1.54) is 23.8 Å². The summed E-state index contributed by atoms with van der Waals surface area (Å²) >= 11 is 0. The zero-order valence-corrected chi connectivity index (χ0v) is 12.5. The summed E-state index contributed by atoms with van der Waals surface area (Å²) < 4.78 is 13.5. The number of rotatable bonds is 2. The van der Waals surface area contributed by atoms with Gasteiger partial charge in [0.25, 0.3) is 5.91 Å². The lowest BCUT2D eigenvalue weighted by molar-refractivity contribution is -0.123. The minimum Gasteiger partial charge on any atom is -0.273 e. The number of nitrogens with one attached hydrogen (secondary N) is 2. The van der Waals surface area contributed by atoms with E-state index >= 15 is 0 Å². The molecule has 0 saturated carbocycles. The summed E-state index contributed by atoms with van der Waals surface area (Å²) in [6.07, 6.45) is 2.62. The van der Waals surface area contributed by atoms with Gasteiger partial charge in [0.2, 0.25) is 5.91 Å². The number of fused-ring (bicyclic) bond motifs is 1. The molecule has 2 N–H and O–H groups in total. The Labute approximate surface area is 133 Å². The molecule has 1 aliphatic rings. The molecule has 5 heteroatoms. The van der Waals surface area contributed by atoms with Gasteiger partial charge in [-0.2, -0.15) is 0 Å². The molecule has 118 valence electrons. The zero-order valence-electron chi connectivity index (χ0n) is 12.5. The minimum atomic E-state index is -0.666. The summed E-state index contributed by atoms with van der Waals surface area (Å²) in [4.78, 5) is 24.3. The zero-order chi connectivity index (χ0) is 16.2. The van der Waals surface area contributed by atoms with Gasteiger partial charge in [-0.05, 0) is 42.5 Å². The van der Waals surface area contributed by atoms with Crippen LogP contribution in [0.4, 0.5) is 4.39 Å². The van der Waals surface area contributed by atoms with Gasteiger partial charge < -0.3 is 0 Å². The van der Waals surface area contributed by atoms with Crippen molar-refractivity contribution in [2.24, 2.45) is 0 Å². The van der Waals surface area contributed by atoms with Gasteiger partial charge in [0.1, 0.15) is 5.82 Å². The number of halogens is 1. The fourth-order valence-corrected chi connectivity index (χ4v) is 2.94. The van der Waals surface area contributed by atoms with Gasteiger partial charge in [0.15, 0.2) is 0 Å². The molecule has 1 aliphatic carbocycles. The van der Waals surface area contributed by atoms with E-state index in [1.54, 1.807) is 6.07 Å². The molecule has 2 aromatic carbocycles. The van der Waals surface area contributed by atoms with Crippen LogP contribution in [0.2, 0.25) is 0 Å². The van der Waals surface area contributed by atoms with E-state index < -0.39 is 11.7 Å². The normalized spacial score (nSPS) is 16.3. The number of hydrogen-bond donors (Lipinski definition) is 2. The van der Waals surface area contributed by atoms with Crippen LogP contribution in [0.25, 0.3) is 0 Å². The third-order valence-electron chi connectivity index (χ3n) is 4.10. The van der Waals surface area contributed by atoms with E-state index in [0.717, 1.165) is 24.8 Å². The summed E-state index contributed by atoms with van der Waals surface area (Å²) in [5.41, 5.74) is 6.77. The highest BCUT2D eigenvalue weighted by Crippen LogP contribution is 2.31. The maximum atomic E-state index is 13.5. The third kappa shape index (κ3) is 3.23. The summed E-state index contributed by atoms with van der Waals surface area (Å²) in [5.74, 6) is -1.86. The van der Waals surface area contributed by atoms with Crippen molar-refractivity contribution < 1.29 is 14.0 Å². The molecule has 0 aromatic heterocycles. The van der Waals surface area contributed by atoms with Gasteiger partial charge in [0.05, 0.1) is 11.5 Å². The number of hydrogen-bond acceptors (Lipinski definition) is 2. The molecule has 0 fully saturated rings. The average Bonchev–Trinajstić information content (AvgIpc) is 2.59. The number of benzene rings is 2. The molecule has 4 nitrogen and oxygen atoms in total. The second kappa shape index (κ2) is 6.60. The highest BCUT2D eigenvalue weighted by Gasteiger charge is 2.26. The van der Waals surface area contributed by atoms with Crippen molar-refractivity contribution in [3.8, 4) is 0 Å². The van der Waals surface area contributed by atoms with E-state index in [0.29, 0.717) is 0 Å². The maximum absolute atomic E-state index is 13.5. The van der Waals surface area contributed by atoms with E-state index in [9.17, 15) is 14.0 Å². The van der Waals surface area contributed by atoms with Crippen LogP contribution in [0, 0.1) is 5.82 Å². The van der Waals surface area contributed by atoms with Crippen LogP contribution in [0.3, 0.4) is 0 Å². The van der Waals surface area contributed by atoms with Crippen molar-refractivity contribution in [3.63, 3.8) is 0 Å². The standard InChI is InChI=1S/C18H17FN2O2/c19-16-11-4-3-9-15(16)18(23)21-20-17(22)14-10-5-7-12-6-1-2-8-13(12)14/h1-4,6,8-9,11,14H,5,7,10H2,(H,20,22)(H,21,23). The Bertz CT molecular complexity index is 745. The number of hydrazine groups is 1. The molecule has 0 saturated heterocycles. The van der Waals surface area contributed by atoms with Gasteiger partial charge in [-0.3, -0.25) is 20.4 Å². The van der Waals surface area contributed by atoms with E-state index in [2.05, 4.69) is 10.9 Å². The van der Waals surface area contributed by atoms with E-state index in [1.807, 2.05) is 24.3 Å². The third-order valence-corrected chi connectivity index (χ3v) is 4.10. The van der Waals surface area contributed by atoms with Crippen LogP contribution in [-0.4, -0.2) is 11.8 Å². The second-order valence-electron chi connectivity index (χ2n) is 5.57. The molecule has 2 aromatic rings. The lowest BCUT2D eigenvalue weighted by Gasteiger charge is -2.24. The van der Waals surface area contributed by atoms with Crippen LogP contribution < -0.4 is 10.9 Å². The fourth-order valence-electron chi connectivity index (χ4n) is 2.94. The quantitative estimate of drug-likeness (QED) is 0.838. The van der Waals surface area contributed by atoms with Gasteiger partial charge in [-0.1, -0.05) is 36.4 Å². The van der Waals surface area contributed by atoms with Crippen LogP contribution in [0.15, 0.2) is 48.5 Å². The Kier molecular flexibility index (Phi) is 4.37. The molecular formula is C18H17FN2O2. The van der Waals surface area contributed by atoms with Crippen LogP contribution >= 0.6 is 0 Å². The molecule has 0 bridgehead atoms. The fraction of sp³-hybridized carbons (Fsp3) is 0.222. The number of amides is 2. The van der Waals surface area contributed by atoms with Crippen molar-refractivity contribution >= 4 is 11.8 Å². The molecule has 3 rings (SSSR count). The first-order valence-electron chi connectivity index (χ1n) is 7.59. The van der Waals surface area contributed by atoms with Crippen LogP contribution in [-0.2, 0) is 11.2 Å². The molecule has 23 heavy (non-hydrogen) atoms. The van der Waals surface area contributed by atoms with E-state index in [-0.39, 0.29) is 17.4 Å². The van der Waals surface area contributed by atoms with Crippen molar-refractivity contribution in [1.29, 1.82) is 0 Å². The first-order chi connectivity index (χ1) is 11.2. The SMILES string of the molecule is O=C(NNC(=O)C1CCCc2ccccc21)c1ccccc1F. The Balaban J connectivity index is 1.67. The van der Waals surface area contributed by atoms with Crippen molar-refractivity contribution in [1.82, 2.24) is 10.9 Å². The first-order valence-corrected chi connectivity index (χ1v) is 7.59. The molecule has 0 spiro atoms. The van der Waals surface area contributed by atoms with Crippen molar-refractivity contribution in [2.75, 3.05) is 0 Å². The minimum absolute atomic E-state index is 0.100. The predicted molar refractivity (Wildman–Crippen MR) is 84.1 cm³/mol. The Morgan fingerprint density at radius 2 is 1.74 bits per heavy atom. The molecule has 0 radical (unpaired) electrons. The number of carbonyl (C=O) groups is 2. The largest absolute Gasteiger partial charge is 0.273 e. The Hall–Kier alpha value is -2.69. The van der Waals surface area contributed by atoms with Gasteiger partial charge >= 0.3 is 0 Å². The first kappa shape index (κ1) is 15.2. The average molecular weight is 312 g/mol. The topological polar surface area (TPSA) is 58.2 Å². The Morgan fingerprint density at radius 3 is 2.57 bits per heavy atom. The molecule has 1 unspecified atom stereocenters. The lowest BCUT2D eigenvalue weighted by Crippen LogP contribution is -2.44. The lowest BCUT2D eigenvalue weighted by atomic mass is 9.82. The predicted octanol–water partition coefficient (Wildman–Crippen LogP) is 2.71. The molecule has 2 amide bonds. The smallest absolute Gasteiger partial charge is 0.272 e. The summed E-state index contributed by atoms with van der Waals surface area (Å²) in [7, 11) is 0. The number of carbonyl (C=O) groups excluding carboxylic acids is 2. The van der Waals surface area contributed by atoms with Gasteiger partial charge in [-0.25, -0.2) is 4.39 Å². The molecule has 1 atom stereocenters. The van der Waals surface area contributed by atoms with E-state index in [4.69, 9.17) is 0 Å². The highest BCUT2D eigenvalue weighted by atomic mass is 19.1. The summed E-state index contributed by atoms with van der Waals surface area (Å²) in [6, 6.07) is 13.5. The van der Waals surface area contributed by atoms with Crippen LogP contribution in [0.1, 0.15) is 40.2 Å². The van der Waals surface area contributed by atoms with Crippen molar-refractivity contribution in [2.45, 2.75) is 25.2 Å². The monoisotopic (exact) mass is 312 g/mol. The summed E-state index contributed by atoms with van der Waals surface area (Å²) in [6.45, 7) is 0. The van der Waals surface area contributed by atoms with Gasteiger partial charge in [-0.15, -0.1) is 0 Å². The highest BCUT2D eigenvalue weighted by molar-refractivity contribution is 5.96. The molecule has 0 heterocycles. The molecular weight excluding hydrogens is 295 g/mol. The molecule has 0 aliphatic heterocycles. The van der Waals surface area contributed by atoms with Gasteiger partial charge in [0, 0.05) is 0 Å². The Morgan fingerprint density at radius 1 is 1.00 bits per heavy atom.